The van der Waals surface area contributed by atoms with Crippen LogP contribution in [-0.4, -0.2) is 39.5 Å². The summed E-state index contributed by atoms with van der Waals surface area (Å²) in [5.74, 6) is -0.921. The van der Waals surface area contributed by atoms with Crippen molar-refractivity contribution in [2.24, 2.45) is 0 Å². The highest BCUT2D eigenvalue weighted by atomic mass is 16.5. The molecule has 7 nitrogen and oxygen atoms in total. The highest BCUT2D eigenvalue weighted by Crippen LogP contribution is 2.26. The molecule has 0 atom stereocenters. The number of carbonyl (C=O) groups is 2. The predicted octanol–water partition coefficient (Wildman–Crippen LogP) is 2.17. The Labute approximate surface area is 125 Å². The molecule has 0 bridgehead atoms. The number of rotatable bonds is 4. The number of nitrogens with zero attached hydrogens (tertiary/aromatic N) is 2. The molecule has 3 heterocycles. The van der Waals surface area contributed by atoms with E-state index in [4.69, 9.17) is 9.47 Å². The SMILES string of the molecule is CCOC(=O)c1[nH]cc2c1ccn1cnc(C(=O)OCC)c21. The van der Waals surface area contributed by atoms with E-state index in [0.717, 1.165) is 0 Å². The number of hydrogen-bond acceptors (Lipinski definition) is 5. The normalized spacial score (nSPS) is 11.0. The van der Waals surface area contributed by atoms with Crippen LogP contribution in [0.25, 0.3) is 16.3 Å². The van der Waals surface area contributed by atoms with Crippen LogP contribution in [0.3, 0.4) is 0 Å². The van der Waals surface area contributed by atoms with Crippen molar-refractivity contribution in [1.82, 2.24) is 14.4 Å². The van der Waals surface area contributed by atoms with Gasteiger partial charge in [0.25, 0.3) is 0 Å². The Hall–Kier alpha value is -2.83. The molecular weight excluding hydrogens is 286 g/mol. The molecule has 0 aliphatic heterocycles. The molecule has 3 aromatic rings. The highest BCUT2D eigenvalue weighted by molar-refractivity contribution is 6.12. The van der Waals surface area contributed by atoms with Gasteiger partial charge in [0.2, 0.25) is 0 Å². The number of hydrogen-bond donors (Lipinski definition) is 1. The molecule has 0 saturated heterocycles. The summed E-state index contributed by atoms with van der Waals surface area (Å²) in [6.07, 6.45) is 4.95. The van der Waals surface area contributed by atoms with Crippen LogP contribution in [0.2, 0.25) is 0 Å². The van der Waals surface area contributed by atoms with E-state index in [1.807, 2.05) is 0 Å². The quantitative estimate of drug-likeness (QED) is 0.746. The molecule has 0 aromatic carbocycles. The van der Waals surface area contributed by atoms with Crippen LogP contribution in [0.4, 0.5) is 0 Å². The molecule has 22 heavy (non-hydrogen) atoms. The summed E-state index contributed by atoms with van der Waals surface area (Å²) in [4.78, 5) is 31.0. The molecule has 1 N–H and O–H groups in total. The maximum Gasteiger partial charge on any atom is 0.359 e. The zero-order chi connectivity index (χ0) is 15.7. The first-order chi connectivity index (χ1) is 10.7. The molecule has 7 heteroatoms. The van der Waals surface area contributed by atoms with Crippen molar-refractivity contribution in [2.75, 3.05) is 13.2 Å². The first-order valence-electron chi connectivity index (χ1n) is 6.98. The van der Waals surface area contributed by atoms with Crippen molar-refractivity contribution >= 4 is 28.2 Å². The van der Waals surface area contributed by atoms with Gasteiger partial charge in [0, 0.05) is 23.2 Å². The lowest BCUT2D eigenvalue weighted by molar-refractivity contribution is 0.0513. The highest BCUT2D eigenvalue weighted by Gasteiger charge is 2.20. The lowest BCUT2D eigenvalue weighted by atomic mass is 10.1. The van der Waals surface area contributed by atoms with Gasteiger partial charge in [0.05, 0.1) is 18.7 Å². The van der Waals surface area contributed by atoms with Gasteiger partial charge in [-0.1, -0.05) is 0 Å². The van der Waals surface area contributed by atoms with Crippen molar-refractivity contribution in [2.45, 2.75) is 13.8 Å². The predicted molar refractivity (Wildman–Crippen MR) is 79.0 cm³/mol. The fourth-order valence-corrected chi connectivity index (χ4v) is 2.42. The van der Waals surface area contributed by atoms with Crippen molar-refractivity contribution in [1.29, 1.82) is 0 Å². The van der Waals surface area contributed by atoms with Crippen LogP contribution in [0.5, 0.6) is 0 Å². The van der Waals surface area contributed by atoms with Crippen LogP contribution in [0.15, 0.2) is 24.8 Å². The first kappa shape index (κ1) is 14.1. The fraction of sp³-hybridized carbons (Fsp3) is 0.267. The number of fused-ring (bicyclic) bond motifs is 3. The summed E-state index contributed by atoms with van der Waals surface area (Å²) in [7, 11) is 0. The Bertz CT molecular complexity index is 862. The minimum absolute atomic E-state index is 0.224. The Morgan fingerprint density at radius 2 is 1.91 bits per heavy atom. The van der Waals surface area contributed by atoms with Gasteiger partial charge in [-0.15, -0.1) is 0 Å². The van der Waals surface area contributed by atoms with E-state index in [0.29, 0.717) is 28.6 Å². The van der Waals surface area contributed by atoms with Crippen LogP contribution < -0.4 is 0 Å². The van der Waals surface area contributed by atoms with E-state index in [9.17, 15) is 9.59 Å². The number of aromatic nitrogens is 3. The lowest BCUT2D eigenvalue weighted by Crippen LogP contribution is -2.06. The van der Waals surface area contributed by atoms with E-state index in [1.54, 1.807) is 36.7 Å². The second-order valence-electron chi connectivity index (χ2n) is 4.60. The molecule has 0 amide bonds. The molecule has 0 saturated carbocycles. The first-order valence-corrected chi connectivity index (χ1v) is 6.98. The van der Waals surface area contributed by atoms with Crippen LogP contribution >= 0.6 is 0 Å². The lowest BCUT2D eigenvalue weighted by Gasteiger charge is -2.02. The van der Waals surface area contributed by atoms with Crippen LogP contribution in [0.1, 0.15) is 34.8 Å². The third kappa shape index (κ3) is 2.11. The van der Waals surface area contributed by atoms with E-state index in [1.165, 1.54) is 6.33 Å². The van der Waals surface area contributed by atoms with E-state index < -0.39 is 11.9 Å². The number of imidazole rings is 1. The second-order valence-corrected chi connectivity index (χ2v) is 4.60. The summed E-state index contributed by atoms with van der Waals surface area (Å²) < 4.78 is 11.8. The summed E-state index contributed by atoms with van der Waals surface area (Å²) in [6, 6.07) is 1.78. The van der Waals surface area contributed by atoms with Crippen LogP contribution in [0, 0.1) is 0 Å². The maximum absolute atomic E-state index is 12.0. The average molecular weight is 301 g/mol. The number of ether oxygens (including phenoxy) is 2. The number of esters is 2. The Morgan fingerprint density at radius 3 is 2.64 bits per heavy atom. The van der Waals surface area contributed by atoms with Gasteiger partial charge in [-0.05, 0) is 19.9 Å². The molecule has 0 radical (unpaired) electrons. The molecule has 0 aliphatic carbocycles. The van der Waals surface area contributed by atoms with E-state index in [2.05, 4.69) is 9.97 Å². The zero-order valence-corrected chi connectivity index (χ0v) is 12.3. The minimum atomic E-state index is -0.489. The smallest absolute Gasteiger partial charge is 0.359 e. The number of carbonyl (C=O) groups excluding carboxylic acids is 2. The molecular formula is C15H15N3O4. The van der Waals surface area contributed by atoms with Gasteiger partial charge in [-0.3, -0.25) is 0 Å². The third-order valence-electron chi connectivity index (χ3n) is 3.32. The van der Waals surface area contributed by atoms with Crippen molar-refractivity contribution < 1.29 is 19.1 Å². The molecule has 3 aromatic heterocycles. The average Bonchev–Trinajstić information content (AvgIpc) is 3.11. The van der Waals surface area contributed by atoms with Gasteiger partial charge in [0.1, 0.15) is 12.0 Å². The standard InChI is InChI=1S/C15H15N3O4/c1-3-21-14(19)11-9-5-6-18-8-17-12(15(20)22-4-2)13(18)10(9)7-16-11/h5-8,16H,3-4H2,1-2H3. The Morgan fingerprint density at radius 1 is 1.18 bits per heavy atom. The number of nitrogens with one attached hydrogen (secondary N) is 1. The van der Waals surface area contributed by atoms with Gasteiger partial charge in [-0.2, -0.15) is 0 Å². The van der Waals surface area contributed by atoms with Crippen LogP contribution in [-0.2, 0) is 9.47 Å². The molecule has 0 aliphatic rings. The number of aromatic amines is 1. The summed E-state index contributed by atoms with van der Waals surface area (Å²) >= 11 is 0. The molecule has 0 unspecified atom stereocenters. The summed E-state index contributed by atoms with van der Waals surface area (Å²) in [6.45, 7) is 4.05. The Balaban J connectivity index is 2.20. The summed E-state index contributed by atoms with van der Waals surface area (Å²) in [5, 5.41) is 1.39. The number of H-pyrrole nitrogens is 1. The maximum atomic E-state index is 12.0. The molecule has 0 fully saturated rings. The third-order valence-corrected chi connectivity index (χ3v) is 3.32. The molecule has 0 spiro atoms. The van der Waals surface area contributed by atoms with E-state index in [-0.39, 0.29) is 12.3 Å². The van der Waals surface area contributed by atoms with Gasteiger partial charge in [-0.25, -0.2) is 14.6 Å². The van der Waals surface area contributed by atoms with Crippen molar-refractivity contribution in [3.63, 3.8) is 0 Å². The van der Waals surface area contributed by atoms with E-state index >= 15 is 0 Å². The van der Waals surface area contributed by atoms with Crippen molar-refractivity contribution in [3.8, 4) is 0 Å². The largest absolute Gasteiger partial charge is 0.461 e. The minimum Gasteiger partial charge on any atom is -0.461 e. The van der Waals surface area contributed by atoms with Crippen molar-refractivity contribution in [3.05, 3.63) is 36.2 Å². The van der Waals surface area contributed by atoms with Gasteiger partial charge >= 0.3 is 11.9 Å². The van der Waals surface area contributed by atoms with Gasteiger partial charge < -0.3 is 18.9 Å². The molecule has 3 rings (SSSR count). The Kier molecular flexibility index (Phi) is 3.54. The molecule has 114 valence electrons. The second kappa shape index (κ2) is 5.51. The van der Waals surface area contributed by atoms with Gasteiger partial charge in [0.15, 0.2) is 5.69 Å². The number of pyridine rings is 1. The monoisotopic (exact) mass is 301 g/mol. The fourth-order valence-electron chi connectivity index (χ4n) is 2.42. The zero-order valence-electron chi connectivity index (χ0n) is 12.3. The topological polar surface area (TPSA) is 85.7 Å². The summed E-state index contributed by atoms with van der Waals surface area (Å²) in [5.41, 5.74) is 1.18.